The van der Waals surface area contributed by atoms with Gasteiger partial charge in [0.25, 0.3) is 0 Å². The molecule has 1 aromatic carbocycles. The third kappa shape index (κ3) is 6.14. The first-order valence-corrected chi connectivity index (χ1v) is 8.76. The van der Waals surface area contributed by atoms with Crippen molar-refractivity contribution >= 4 is 5.96 Å². The molecule has 0 aliphatic heterocycles. The number of hydrogen-bond donors (Lipinski definition) is 2. The molecule has 2 N–H and O–H groups in total. The topological polar surface area (TPSA) is 63.5 Å². The molecule has 0 aliphatic rings. The van der Waals surface area contributed by atoms with Crippen LogP contribution < -0.4 is 15.4 Å². The van der Waals surface area contributed by atoms with Crippen molar-refractivity contribution in [1.82, 2.24) is 20.4 Å². The van der Waals surface area contributed by atoms with Crippen LogP contribution >= 0.6 is 0 Å². The maximum Gasteiger partial charge on any atom is 0.191 e. The molecular formula is C19H29N5O. The van der Waals surface area contributed by atoms with E-state index in [2.05, 4.69) is 52.8 Å². The fraction of sp³-hybridized carbons (Fsp3) is 0.474. The summed E-state index contributed by atoms with van der Waals surface area (Å²) in [5.74, 6) is 2.16. The first-order valence-electron chi connectivity index (χ1n) is 8.76. The summed E-state index contributed by atoms with van der Waals surface area (Å²) in [7, 11) is 1.78. The summed E-state index contributed by atoms with van der Waals surface area (Å²) in [5.41, 5.74) is 2.32. The zero-order valence-electron chi connectivity index (χ0n) is 15.6. The Kier molecular flexibility index (Phi) is 7.32. The predicted molar refractivity (Wildman–Crippen MR) is 102 cm³/mol. The number of rotatable bonds is 8. The minimum atomic E-state index is 0.441. The van der Waals surface area contributed by atoms with E-state index >= 15 is 0 Å². The van der Waals surface area contributed by atoms with Crippen LogP contribution in [0.5, 0.6) is 5.75 Å². The Morgan fingerprint density at radius 2 is 2.20 bits per heavy atom. The van der Waals surface area contributed by atoms with E-state index in [0.717, 1.165) is 30.4 Å². The zero-order chi connectivity index (χ0) is 18.1. The van der Waals surface area contributed by atoms with Gasteiger partial charge in [0.15, 0.2) is 5.96 Å². The molecular weight excluding hydrogens is 314 g/mol. The molecule has 6 nitrogen and oxygen atoms in total. The number of aliphatic imine (C=N–C) groups is 1. The molecule has 0 spiro atoms. The van der Waals surface area contributed by atoms with E-state index in [1.807, 2.05) is 23.9 Å². The van der Waals surface area contributed by atoms with Gasteiger partial charge in [-0.05, 0) is 37.5 Å². The van der Waals surface area contributed by atoms with E-state index in [0.29, 0.717) is 19.1 Å². The number of nitrogens with one attached hydrogen (secondary N) is 2. The van der Waals surface area contributed by atoms with Crippen molar-refractivity contribution in [1.29, 1.82) is 0 Å². The molecule has 2 rings (SSSR count). The molecule has 0 amide bonds. The molecule has 0 saturated carbocycles. The summed E-state index contributed by atoms with van der Waals surface area (Å²) in [6, 6.07) is 8.21. The predicted octanol–water partition coefficient (Wildman–Crippen LogP) is 2.59. The Morgan fingerprint density at radius 3 is 2.88 bits per heavy atom. The highest BCUT2D eigenvalue weighted by molar-refractivity contribution is 5.79. The Bertz CT molecular complexity index is 666. The summed E-state index contributed by atoms with van der Waals surface area (Å²) < 4.78 is 7.68. The van der Waals surface area contributed by atoms with Gasteiger partial charge in [-0.1, -0.05) is 19.1 Å². The average Bonchev–Trinajstić information content (AvgIpc) is 3.09. The average molecular weight is 343 g/mol. The molecule has 136 valence electrons. The molecule has 1 heterocycles. The molecule has 1 aromatic heterocycles. The maximum atomic E-state index is 5.73. The number of aromatic nitrogens is 2. The van der Waals surface area contributed by atoms with Crippen molar-refractivity contribution in [2.45, 2.75) is 33.9 Å². The Morgan fingerprint density at radius 1 is 1.36 bits per heavy atom. The number of aryl methyl sites for hydroxylation is 1. The molecule has 25 heavy (non-hydrogen) atoms. The van der Waals surface area contributed by atoms with Gasteiger partial charge >= 0.3 is 0 Å². The number of nitrogens with zero attached hydrogens (tertiary/aromatic N) is 3. The Hall–Kier alpha value is -2.50. The summed E-state index contributed by atoms with van der Waals surface area (Å²) in [5, 5.41) is 11.0. The fourth-order valence-electron chi connectivity index (χ4n) is 2.56. The molecule has 0 fully saturated rings. The summed E-state index contributed by atoms with van der Waals surface area (Å²) in [6.07, 6.45) is 3.79. The molecule has 0 aliphatic carbocycles. The fourth-order valence-corrected chi connectivity index (χ4v) is 2.56. The lowest BCUT2D eigenvalue weighted by molar-refractivity contribution is 0.336. The van der Waals surface area contributed by atoms with Gasteiger partial charge in [0.05, 0.1) is 6.61 Å². The highest BCUT2D eigenvalue weighted by Crippen LogP contribution is 2.20. The molecule has 0 radical (unpaired) electrons. The van der Waals surface area contributed by atoms with Gasteiger partial charge in [-0.3, -0.25) is 9.67 Å². The second-order valence-electron chi connectivity index (χ2n) is 6.18. The quantitative estimate of drug-likeness (QED) is 0.571. The van der Waals surface area contributed by atoms with Gasteiger partial charge in [-0.15, -0.1) is 0 Å². The lowest BCUT2D eigenvalue weighted by Gasteiger charge is -2.17. The Balaban J connectivity index is 1.84. The summed E-state index contributed by atoms with van der Waals surface area (Å²) in [4.78, 5) is 4.30. The van der Waals surface area contributed by atoms with Crippen molar-refractivity contribution in [3.05, 3.63) is 47.8 Å². The number of hydrogen-bond acceptors (Lipinski definition) is 3. The van der Waals surface area contributed by atoms with Crippen LogP contribution in [-0.4, -0.2) is 35.9 Å². The number of benzene rings is 1. The van der Waals surface area contributed by atoms with Crippen molar-refractivity contribution < 1.29 is 4.74 Å². The highest BCUT2D eigenvalue weighted by Gasteiger charge is 2.07. The van der Waals surface area contributed by atoms with Crippen molar-refractivity contribution in [2.24, 2.45) is 10.9 Å². The number of guanidine groups is 1. The molecule has 2 aromatic rings. The standard InChI is InChI=1S/C19H29N5O/c1-5-25-18-11-15(2)7-8-17(18)13-22-19(20-4)21-12-16(3)14-24-10-6-9-23-24/h6-11,16H,5,12-14H2,1-4H3,(H2,20,21,22). The first kappa shape index (κ1) is 18.8. The van der Waals surface area contributed by atoms with E-state index in [4.69, 9.17) is 4.74 Å². The van der Waals surface area contributed by atoms with Crippen LogP contribution in [0.2, 0.25) is 0 Å². The first-order chi connectivity index (χ1) is 12.1. The lowest BCUT2D eigenvalue weighted by Crippen LogP contribution is -2.39. The monoisotopic (exact) mass is 343 g/mol. The van der Waals surface area contributed by atoms with Crippen LogP contribution in [0.25, 0.3) is 0 Å². The van der Waals surface area contributed by atoms with Gasteiger partial charge in [0.2, 0.25) is 0 Å². The molecule has 0 saturated heterocycles. The zero-order valence-corrected chi connectivity index (χ0v) is 15.6. The van der Waals surface area contributed by atoms with E-state index in [1.165, 1.54) is 5.56 Å². The lowest BCUT2D eigenvalue weighted by atomic mass is 10.1. The maximum absolute atomic E-state index is 5.73. The van der Waals surface area contributed by atoms with Gasteiger partial charge in [-0.25, -0.2) is 0 Å². The third-order valence-corrected chi connectivity index (χ3v) is 3.87. The van der Waals surface area contributed by atoms with Gasteiger partial charge < -0.3 is 15.4 Å². The van der Waals surface area contributed by atoms with Crippen LogP contribution in [-0.2, 0) is 13.1 Å². The van der Waals surface area contributed by atoms with E-state index in [1.54, 1.807) is 13.2 Å². The largest absolute Gasteiger partial charge is 0.494 e. The minimum Gasteiger partial charge on any atom is -0.494 e. The van der Waals surface area contributed by atoms with Crippen LogP contribution in [0.3, 0.4) is 0 Å². The second kappa shape index (κ2) is 9.71. The van der Waals surface area contributed by atoms with Crippen molar-refractivity contribution in [3.8, 4) is 5.75 Å². The van der Waals surface area contributed by atoms with Gasteiger partial charge in [-0.2, -0.15) is 5.10 Å². The van der Waals surface area contributed by atoms with Crippen molar-refractivity contribution in [3.63, 3.8) is 0 Å². The second-order valence-corrected chi connectivity index (χ2v) is 6.18. The summed E-state index contributed by atoms with van der Waals surface area (Å²) >= 11 is 0. The van der Waals surface area contributed by atoms with Crippen LogP contribution in [0.15, 0.2) is 41.7 Å². The van der Waals surface area contributed by atoms with E-state index < -0.39 is 0 Å². The SMILES string of the molecule is CCOc1cc(C)ccc1CNC(=NC)NCC(C)Cn1cccn1. The van der Waals surface area contributed by atoms with E-state index in [9.17, 15) is 0 Å². The van der Waals surface area contributed by atoms with Gasteiger partial charge in [0.1, 0.15) is 5.75 Å². The van der Waals surface area contributed by atoms with Crippen molar-refractivity contribution in [2.75, 3.05) is 20.2 Å². The van der Waals surface area contributed by atoms with Crippen LogP contribution in [0.4, 0.5) is 0 Å². The summed E-state index contributed by atoms with van der Waals surface area (Å²) in [6.45, 7) is 9.30. The molecule has 1 atom stereocenters. The van der Waals surface area contributed by atoms with Gasteiger partial charge in [0, 0.05) is 44.6 Å². The molecule has 1 unspecified atom stereocenters. The third-order valence-electron chi connectivity index (χ3n) is 3.87. The smallest absolute Gasteiger partial charge is 0.191 e. The highest BCUT2D eigenvalue weighted by atomic mass is 16.5. The van der Waals surface area contributed by atoms with E-state index in [-0.39, 0.29) is 0 Å². The number of ether oxygens (including phenoxy) is 1. The minimum absolute atomic E-state index is 0.441. The van der Waals surface area contributed by atoms with Crippen LogP contribution in [0, 0.1) is 12.8 Å². The Labute approximate surface area is 150 Å². The normalized spacial score (nSPS) is 12.7. The molecule has 0 bridgehead atoms. The molecule has 6 heteroatoms. The van der Waals surface area contributed by atoms with Crippen LogP contribution in [0.1, 0.15) is 25.0 Å².